The van der Waals surface area contributed by atoms with Crippen LogP contribution in [0.4, 0.5) is 0 Å². The SMILES string of the molecule is Cc1nn(C/C=C/c2ccccc2)c(C)c1C(=O)CC[NH2+]C(O)C(C)c1ccccc1.[Cl-]. The van der Waals surface area contributed by atoms with E-state index in [1.165, 1.54) is 0 Å². The van der Waals surface area contributed by atoms with Crippen LogP contribution in [0, 0.1) is 13.8 Å². The molecule has 0 radical (unpaired) electrons. The van der Waals surface area contributed by atoms with E-state index in [-0.39, 0.29) is 24.1 Å². The highest BCUT2D eigenvalue weighted by atomic mass is 35.5. The van der Waals surface area contributed by atoms with E-state index < -0.39 is 6.23 Å². The molecule has 2 aromatic carbocycles. The molecule has 3 N–H and O–H groups in total. The van der Waals surface area contributed by atoms with Gasteiger partial charge in [0.2, 0.25) is 0 Å². The van der Waals surface area contributed by atoms with Crippen LogP contribution in [-0.2, 0) is 6.54 Å². The Morgan fingerprint density at radius 3 is 2.38 bits per heavy atom. The molecule has 6 heteroatoms. The molecule has 2 atom stereocenters. The first kappa shape index (κ1) is 25.5. The first-order chi connectivity index (χ1) is 15.0. The number of ketones is 1. The maximum Gasteiger partial charge on any atom is 0.194 e. The fraction of sp³-hybridized carbons (Fsp3) is 0.308. The molecule has 1 heterocycles. The Bertz CT molecular complexity index is 1020. The second kappa shape index (κ2) is 12.3. The lowest BCUT2D eigenvalue weighted by molar-refractivity contribution is -0.725. The van der Waals surface area contributed by atoms with Crippen molar-refractivity contribution in [2.45, 2.75) is 45.9 Å². The van der Waals surface area contributed by atoms with E-state index in [2.05, 4.69) is 29.4 Å². The molecule has 0 bridgehead atoms. The number of halogens is 1. The highest BCUT2D eigenvalue weighted by Gasteiger charge is 2.21. The largest absolute Gasteiger partial charge is 1.00 e. The Kier molecular flexibility index (Phi) is 9.85. The molecule has 0 fully saturated rings. The average molecular weight is 454 g/mol. The topological polar surface area (TPSA) is 71.7 Å². The molecule has 0 aliphatic carbocycles. The van der Waals surface area contributed by atoms with Crippen molar-refractivity contribution in [3.8, 4) is 0 Å². The van der Waals surface area contributed by atoms with Gasteiger partial charge in [0.25, 0.3) is 0 Å². The summed E-state index contributed by atoms with van der Waals surface area (Å²) in [6.45, 7) is 6.98. The second-order valence-corrected chi connectivity index (χ2v) is 7.93. The number of quaternary nitrogens is 1. The van der Waals surface area contributed by atoms with Gasteiger partial charge >= 0.3 is 0 Å². The Hall–Kier alpha value is -2.73. The van der Waals surface area contributed by atoms with E-state index in [4.69, 9.17) is 0 Å². The van der Waals surface area contributed by atoms with Crippen molar-refractivity contribution in [3.63, 3.8) is 0 Å². The Labute approximate surface area is 196 Å². The molecule has 2 unspecified atom stereocenters. The smallest absolute Gasteiger partial charge is 0.194 e. The number of hydrogen-bond acceptors (Lipinski definition) is 3. The number of nitrogens with zero attached hydrogens (tertiary/aromatic N) is 2. The summed E-state index contributed by atoms with van der Waals surface area (Å²) in [5.41, 5.74) is 4.58. The summed E-state index contributed by atoms with van der Waals surface area (Å²) in [7, 11) is 0. The third kappa shape index (κ3) is 6.63. The van der Waals surface area contributed by atoms with Crippen molar-refractivity contribution < 1.29 is 27.6 Å². The molecular formula is C26H32ClN3O2. The van der Waals surface area contributed by atoms with E-state index >= 15 is 0 Å². The monoisotopic (exact) mass is 453 g/mol. The van der Waals surface area contributed by atoms with Gasteiger partial charge < -0.3 is 22.8 Å². The molecule has 0 aliphatic heterocycles. The second-order valence-electron chi connectivity index (χ2n) is 7.93. The van der Waals surface area contributed by atoms with Crippen LogP contribution in [0.2, 0.25) is 0 Å². The highest BCUT2D eigenvalue weighted by molar-refractivity contribution is 5.98. The summed E-state index contributed by atoms with van der Waals surface area (Å²) in [5, 5.41) is 16.9. The number of aryl methyl sites for hydroxylation is 1. The van der Waals surface area contributed by atoms with Crippen LogP contribution in [0.15, 0.2) is 66.7 Å². The van der Waals surface area contributed by atoms with Gasteiger partial charge in [0.05, 0.1) is 36.7 Å². The molecule has 3 rings (SSSR count). The predicted octanol–water partition coefficient (Wildman–Crippen LogP) is 0.476. The third-order valence-corrected chi connectivity index (χ3v) is 5.67. The predicted molar refractivity (Wildman–Crippen MR) is 124 cm³/mol. The zero-order valence-corrected chi connectivity index (χ0v) is 19.7. The van der Waals surface area contributed by atoms with Crippen molar-refractivity contribution in [2.75, 3.05) is 6.54 Å². The van der Waals surface area contributed by atoms with Crippen LogP contribution >= 0.6 is 0 Å². The van der Waals surface area contributed by atoms with Gasteiger partial charge in [-0.1, -0.05) is 79.7 Å². The normalized spacial score (nSPS) is 13.0. The summed E-state index contributed by atoms with van der Waals surface area (Å²) in [5.74, 6) is 0.0722. The number of Topliss-reactive ketones (excluding diaryl/α,β-unsaturated/α-hetero) is 1. The van der Waals surface area contributed by atoms with E-state index in [1.54, 1.807) is 0 Å². The van der Waals surface area contributed by atoms with Gasteiger partial charge in [-0.15, -0.1) is 0 Å². The number of aliphatic hydroxyl groups excluding tert-OH is 1. The van der Waals surface area contributed by atoms with Crippen molar-refractivity contribution in [1.82, 2.24) is 9.78 Å². The van der Waals surface area contributed by atoms with Crippen LogP contribution in [0.1, 0.15) is 52.1 Å². The van der Waals surface area contributed by atoms with Gasteiger partial charge in [-0.05, 0) is 25.0 Å². The maximum atomic E-state index is 12.8. The zero-order valence-electron chi connectivity index (χ0n) is 18.9. The fourth-order valence-corrected chi connectivity index (χ4v) is 3.80. The lowest BCUT2D eigenvalue weighted by Crippen LogP contribution is -3.00. The Balaban J connectivity index is 0.00000363. The molecular weight excluding hydrogens is 422 g/mol. The van der Waals surface area contributed by atoms with Crippen LogP contribution in [0.5, 0.6) is 0 Å². The average Bonchev–Trinajstić information content (AvgIpc) is 3.07. The zero-order chi connectivity index (χ0) is 22.2. The van der Waals surface area contributed by atoms with E-state index in [1.807, 2.05) is 79.3 Å². The number of nitrogens with two attached hydrogens (primary N) is 1. The van der Waals surface area contributed by atoms with E-state index in [0.29, 0.717) is 25.1 Å². The van der Waals surface area contributed by atoms with Crippen molar-refractivity contribution in [3.05, 3.63) is 94.8 Å². The molecule has 0 spiro atoms. The number of rotatable bonds is 10. The number of allylic oxidation sites excluding steroid dienone is 1. The van der Waals surface area contributed by atoms with Crippen LogP contribution in [0.25, 0.3) is 6.08 Å². The quantitative estimate of drug-likeness (QED) is 0.346. The highest BCUT2D eigenvalue weighted by Crippen LogP contribution is 2.17. The number of aromatic nitrogens is 2. The molecule has 0 saturated heterocycles. The third-order valence-electron chi connectivity index (χ3n) is 5.67. The number of hydrogen-bond donors (Lipinski definition) is 2. The van der Waals surface area contributed by atoms with Gasteiger partial charge in [0, 0.05) is 5.69 Å². The number of carbonyl (C=O) groups excluding carboxylic acids is 1. The molecule has 3 aromatic rings. The fourth-order valence-electron chi connectivity index (χ4n) is 3.80. The molecule has 0 amide bonds. The van der Waals surface area contributed by atoms with Crippen molar-refractivity contribution in [2.24, 2.45) is 0 Å². The Morgan fingerprint density at radius 1 is 1.09 bits per heavy atom. The van der Waals surface area contributed by atoms with Crippen LogP contribution in [-0.4, -0.2) is 33.4 Å². The van der Waals surface area contributed by atoms with E-state index in [0.717, 1.165) is 22.5 Å². The Morgan fingerprint density at radius 2 is 1.72 bits per heavy atom. The van der Waals surface area contributed by atoms with Crippen LogP contribution < -0.4 is 17.7 Å². The minimum atomic E-state index is -0.580. The molecule has 170 valence electrons. The summed E-state index contributed by atoms with van der Waals surface area (Å²) in [6, 6.07) is 20.1. The number of aliphatic hydroxyl groups is 1. The maximum absolute atomic E-state index is 12.8. The first-order valence-electron chi connectivity index (χ1n) is 10.8. The standard InChI is InChI=1S/C26H31N3O2.ClH/c1-19(23-14-8-5-9-15-23)26(31)27-17-16-24(30)25-20(2)28-29(21(25)3)18-10-13-22-11-6-4-7-12-22;/h4-15,19,26-27,31H,16-18H2,1-3H3;1H/b13-10+;. The molecule has 0 saturated carbocycles. The van der Waals surface area contributed by atoms with Crippen LogP contribution in [0.3, 0.4) is 0 Å². The first-order valence-corrected chi connectivity index (χ1v) is 10.8. The number of benzene rings is 2. The van der Waals surface area contributed by atoms with Gasteiger partial charge in [0.15, 0.2) is 12.0 Å². The summed E-state index contributed by atoms with van der Waals surface area (Å²) in [4.78, 5) is 12.8. The summed E-state index contributed by atoms with van der Waals surface area (Å²) >= 11 is 0. The summed E-state index contributed by atoms with van der Waals surface area (Å²) in [6.07, 6.45) is 3.90. The summed E-state index contributed by atoms with van der Waals surface area (Å²) < 4.78 is 1.87. The van der Waals surface area contributed by atoms with Gasteiger partial charge in [-0.2, -0.15) is 5.10 Å². The lowest BCUT2D eigenvalue weighted by Gasteiger charge is -2.17. The minimum absolute atomic E-state index is 0. The molecule has 32 heavy (non-hydrogen) atoms. The molecule has 0 aliphatic rings. The molecule has 1 aromatic heterocycles. The van der Waals surface area contributed by atoms with E-state index in [9.17, 15) is 9.90 Å². The van der Waals surface area contributed by atoms with Gasteiger partial charge in [-0.3, -0.25) is 9.48 Å². The van der Waals surface area contributed by atoms with Gasteiger partial charge in [-0.25, -0.2) is 0 Å². The van der Waals surface area contributed by atoms with Crippen molar-refractivity contribution in [1.29, 1.82) is 0 Å². The molecule has 5 nitrogen and oxygen atoms in total. The van der Waals surface area contributed by atoms with Gasteiger partial charge in [0.1, 0.15) is 0 Å². The van der Waals surface area contributed by atoms with Crippen molar-refractivity contribution >= 4 is 11.9 Å². The minimum Gasteiger partial charge on any atom is -1.00 e. The lowest BCUT2D eigenvalue weighted by atomic mass is 9.99. The number of carbonyl (C=O) groups is 1.